The Balaban J connectivity index is 1.63. The minimum absolute atomic E-state index is 0.0897. The number of rotatable bonds is 5. The topological polar surface area (TPSA) is 92.7 Å². The molecule has 4 rings (SSSR count). The van der Waals surface area contributed by atoms with E-state index in [1.807, 2.05) is 0 Å². The molecule has 3 aliphatic carbocycles. The van der Waals surface area contributed by atoms with E-state index in [0.717, 1.165) is 49.0 Å². The van der Waals surface area contributed by atoms with Crippen molar-refractivity contribution in [1.29, 1.82) is 0 Å². The molecule has 0 aromatic carbocycles. The molecule has 31 heavy (non-hydrogen) atoms. The first kappa shape index (κ1) is 22.3. The quantitative estimate of drug-likeness (QED) is 0.635. The van der Waals surface area contributed by atoms with Crippen LogP contribution < -0.4 is 5.32 Å². The van der Waals surface area contributed by atoms with Gasteiger partial charge >= 0.3 is 11.9 Å². The molecule has 5 atom stereocenters. The Morgan fingerprint density at radius 1 is 1.13 bits per heavy atom. The number of nitrogens with one attached hydrogen (secondary N) is 1. The molecule has 2 N–H and O–H groups in total. The molecule has 7 heteroatoms. The van der Waals surface area contributed by atoms with Gasteiger partial charge in [0, 0.05) is 4.88 Å². The van der Waals surface area contributed by atoms with Crippen LogP contribution in [0.1, 0.15) is 74.2 Å². The Morgan fingerprint density at radius 3 is 2.42 bits per heavy atom. The van der Waals surface area contributed by atoms with E-state index >= 15 is 0 Å². The van der Waals surface area contributed by atoms with Gasteiger partial charge in [-0.1, -0.05) is 20.8 Å². The van der Waals surface area contributed by atoms with Crippen LogP contribution in [0.5, 0.6) is 0 Å². The molecule has 0 saturated heterocycles. The molecule has 1 aromatic rings. The predicted octanol–water partition coefficient (Wildman–Crippen LogP) is 4.76. The molecule has 0 unspecified atom stereocenters. The molecule has 2 fully saturated rings. The lowest BCUT2D eigenvalue weighted by molar-refractivity contribution is -0.148. The SMILES string of the molecule is CCOC(=O)c1c(NC(=O)[C@H]2[C@H]3CC[C@@H](C3)[C@@H]2C(=O)O)sc2c1CC[C@@H](C(C)(C)C)C2. The molecule has 3 aliphatic rings. The van der Waals surface area contributed by atoms with Gasteiger partial charge in [-0.15, -0.1) is 11.3 Å². The van der Waals surface area contributed by atoms with Gasteiger partial charge in [-0.05, 0) is 74.2 Å². The first-order valence-electron chi connectivity index (χ1n) is 11.5. The average molecular weight is 448 g/mol. The van der Waals surface area contributed by atoms with Crippen molar-refractivity contribution >= 4 is 34.2 Å². The van der Waals surface area contributed by atoms with Crippen LogP contribution in [-0.2, 0) is 27.2 Å². The fourth-order valence-corrected chi connectivity index (χ4v) is 7.37. The van der Waals surface area contributed by atoms with Crippen molar-refractivity contribution in [3.8, 4) is 0 Å². The van der Waals surface area contributed by atoms with Gasteiger partial charge in [0.1, 0.15) is 5.00 Å². The molecule has 6 nitrogen and oxygen atoms in total. The van der Waals surface area contributed by atoms with Gasteiger partial charge < -0.3 is 15.2 Å². The lowest BCUT2D eigenvalue weighted by Crippen LogP contribution is -2.38. The van der Waals surface area contributed by atoms with Crippen molar-refractivity contribution in [2.24, 2.45) is 35.0 Å². The van der Waals surface area contributed by atoms with E-state index in [0.29, 0.717) is 16.5 Å². The molecular formula is C24H33NO5S. The van der Waals surface area contributed by atoms with Crippen LogP contribution in [0.25, 0.3) is 0 Å². The fourth-order valence-electron chi connectivity index (χ4n) is 6.05. The summed E-state index contributed by atoms with van der Waals surface area (Å²) >= 11 is 1.47. The summed E-state index contributed by atoms with van der Waals surface area (Å²) in [5, 5.41) is 13.2. The van der Waals surface area contributed by atoms with Gasteiger partial charge in [0.2, 0.25) is 5.91 Å². The van der Waals surface area contributed by atoms with E-state index in [-0.39, 0.29) is 29.8 Å². The number of carboxylic acid groups (broad SMARTS) is 1. The number of esters is 1. The smallest absolute Gasteiger partial charge is 0.341 e. The summed E-state index contributed by atoms with van der Waals surface area (Å²) in [5.74, 6) is -1.94. The predicted molar refractivity (Wildman–Crippen MR) is 119 cm³/mol. The van der Waals surface area contributed by atoms with Crippen LogP contribution in [-0.4, -0.2) is 29.6 Å². The summed E-state index contributed by atoms with van der Waals surface area (Å²) in [4.78, 5) is 39.1. The number of aliphatic carboxylic acids is 1. The van der Waals surface area contributed by atoms with Crippen LogP contribution >= 0.6 is 11.3 Å². The zero-order valence-electron chi connectivity index (χ0n) is 18.8. The second-order valence-corrected chi connectivity index (χ2v) is 11.6. The van der Waals surface area contributed by atoms with E-state index in [1.165, 1.54) is 11.3 Å². The highest BCUT2D eigenvalue weighted by molar-refractivity contribution is 7.17. The zero-order chi connectivity index (χ0) is 22.5. The van der Waals surface area contributed by atoms with Crippen molar-refractivity contribution in [2.45, 2.75) is 66.2 Å². The lowest BCUT2D eigenvalue weighted by Gasteiger charge is -2.33. The first-order valence-corrected chi connectivity index (χ1v) is 12.3. The third-order valence-corrected chi connectivity index (χ3v) is 8.88. The van der Waals surface area contributed by atoms with Crippen molar-refractivity contribution in [2.75, 3.05) is 11.9 Å². The Hall–Kier alpha value is -1.89. The van der Waals surface area contributed by atoms with Crippen LogP contribution in [0.15, 0.2) is 0 Å². The second kappa shape index (κ2) is 8.23. The van der Waals surface area contributed by atoms with Gasteiger partial charge in [0.05, 0.1) is 24.0 Å². The molecule has 170 valence electrons. The summed E-state index contributed by atoms with van der Waals surface area (Å²) in [7, 11) is 0. The third kappa shape index (κ3) is 4.01. The van der Waals surface area contributed by atoms with E-state index in [4.69, 9.17) is 4.74 Å². The molecule has 1 aromatic heterocycles. The minimum Gasteiger partial charge on any atom is -0.481 e. The van der Waals surface area contributed by atoms with Crippen LogP contribution in [0, 0.1) is 35.0 Å². The molecule has 1 heterocycles. The summed E-state index contributed by atoms with van der Waals surface area (Å²) in [5.41, 5.74) is 1.66. The molecule has 2 saturated carbocycles. The highest BCUT2D eigenvalue weighted by Gasteiger charge is 2.54. The Kier molecular flexibility index (Phi) is 5.92. The number of hydrogen-bond acceptors (Lipinski definition) is 5. The van der Waals surface area contributed by atoms with Crippen molar-refractivity contribution in [1.82, 2.24) is 0 Å². The number of thiophene rings is 1. The largest absolute Gasteiger partial charge is 0.481 e. The standard InChI is InChI=1S/C24H33NO5S/c1-5-30-23(29)19-15-9-8-14(24(2,3)4)11-16(15)31-21(19)25-20(26)17-12-6-7-13(10-12)18(17)22(27)28/h12-14,17-18H,5-11H2,1-4H3,(H,25,26)(H,27,28)/t12-,13-,14+,17-,18-/m0/s1. The van der Waals surface area contributed by atoms with Gasteiger partial charge in [-0.25, -0.2) is 4.79 Å². The van der Waals surface area contributed by atoms with Crippen molar-refractivity contribution in [3.63, 3.8) is 0 Å². The van der Waals surface area contributed by atoms with E-state index < -0.39 is 23.8 Å². The number of carbonyl (C=O) groups excluding carboxylic acids is 2. The Morgan fingerprint density at radius 2 is 1.81 bits per heavy atom. The van der Waals surface area contributed by atoms with Gasteiger partial charge in [0.25, 0.3) is 0 Å². The summed E-state index contributed by atoms with van der Waals surface area (Å²) < 4.78 is 5.33. The summed E-state index contributed by atoms with van der Waals surface area (Å²) in [6, 6.07) is 0. The number of ether oxygens (including phenoxy) is 1. The number of amides is 1. The maximum absolute atomic E-state index is 13.3. The summed E-state index contributed by atoms with van der Waals surface area (Å²) in [6.45, 7) is 8.78. The zero-order valence-corrected chi connectivity index (χ0v) is 19.6. The number of carboxylic acids is 1. The maximum Gasteiger partial charge on any atom is 0.341 e. The monoisotopic (exact) mass is 447 g/mol. The number of carbonyl (C=O) groups is 3. The van der Waals surface area contributed by atoms with Crippen LogP contribution in [0.3, 0.4) is 0 Å². The molecule has 2 bridgehead atoms. The first-order chi connectivity index (χ1) is 14.6. The minimum atomic E-state index is -0.878. The Bertz CT molecular complexity index is 899. The van der Waals surface area contributed by atoms with Gasteiger partial charge in [-0.3, -0.25) is 9.59 Å². The van der Waals surface area contributed by atoms with Crippen molar-refractivity contribution in [3.05, 3.63) is 16.0 Å². The second-order valence-electron chi connectivity index (χ2n) is 10.4. The van der Waals surface area contributed by atoms with Gasteiger partial charge in [-0.2, -0.15) is 0 Å². The summed E-state index contributed by atoms with van der Waals surface area (Å²) in [6.07, 6.45) is 5.29. The molecule has 0 spiro atoms. The fraction of sp³-hybridized carbons (Fsp3) is 0.708. The maximum atomic E-state index is 13.3. The lowest BCUT2D eigenvalue weighted by atomic mass is 9.72. The van der Waals surface area contributed by atoms with E-state index in [1.54, 1.807) is 6.92 Å². The van der Waals surface area contributed by atoms with Crippen LogP contribution in [0.2, 0.25) is 0 Å². The van der Waals surface area contributed by atoms with Gasteiger partial charge in [0.15, 0.2) is 0 Å². The molecule has 1 amide bonds. The Labute approximate surface area is 187 Å². The number of anilines is 1. The van der Waals surface area contributed by atoms with Crippen LogP contribution in [0.4, 0.5) is 5.00 Å². The molecular weight excluding hydrogens is 414 g/mol. The molecule has 0 radical (unpaired) electrons. The average Bonchev–Trinajstić information content (AvgIpc) is 3.38. The highest BCUT2D eigenvalue weighted by atomic mass is 32.1. The third-order valence-electron chi connectivity index (χ3n) is 7.71. The van der Waals surface area contributed by atoms with Crippen molar-refractivity contribution < 1.29 is 24.2 Å². The highest BCUT2D eigenvalue weighted by Crippen LogP contribution is 2.53. The molecule has 0 aliphatic heterocycles. The number of hydrogen-bond donors (Lipinski definition) is 2. The normalized spacial score (nSPS) is 29.5. The van der Waals surface area contributed by atoms with E-state index in [9.17, 15) is 19.5 Å². The number of fused-ring (bicyclic) bond motifs is 3. The van der Waals surface area contributed by atoms with E-state index in [2.05, 4.69) is 26.1 Å².